The first-order valence-corrected chi connectivity index (χ1v) is 6.16. The van der Waals surface area contributed by atoms with Crippen LogP contribution in [0.3, 0.4) is 0 Å². The van der Waals surface area contributed by atoms with Crippen molar-refractivity contribution >= 4 is 23.2 Å². The number of nitrogens with two attached hydrogens (primary N) is 1. The summed E-state index contributed by atoms with van der Waals surface area (Å²) < 4.78 is 4.98. The van der Waals surface area contributed by atoms with Crippen LogP contribution in [-0.4, -0.2) is 42.6 Å². The number of hydrogen-bond donors (Lipinski definition) is 2. The number of nitrogens with one attached hydrogen (secondary N) is 1. The fourth-order valence-electron chi connectivity index (χ4n) is 1.76. The number of ether oxygens (including phenoxy) is 1. The molecule has 1 saturated heterocycles. The summed E-state index contributed by atoms with van der Waals surface area (Å²) in [6.07, 6.45) is 2.17. The molecular weight excluding hydrogens is 238 g/mol. The summed E-state index contributed by atoms with van der Waals surface area (Å²) in [5.74, 6) is -0.0449. The summed E-state index contributed by atoms with van der Waals surface area (Å²) >= 11 is 5.10. The van der Waals surface area contributed by atoms with Crippen LogP contribution in [0, 0.1) is 0 Å². The number of carbonyl (C=O) groups is 1. The topological polar surface area (TPSA) is 67.6 Å². The van der Waals surface area contributed by atoms with Crippen molar-refractivity contribution in [3.8, 4) is 0 Å². The molecule has 0 aromatic heterocycles. The number of esters is 1. The van der Waals surface area contributed by atoms with Gasteiger partial charge in [0.25, 0.3) is 0 Å². The second-order valence-electron chi connectivity index (χ2n) is 3.75. The first-order valence-electron chi connectivity index (χ1n) is 5.75. The Kier molecular flexibility index (Phi) is 5.21. The van der Waals surface area contributed by atoms with Gasteiger partial charge in [-0.2, -0.15) is 0 Å². The minimum Gasteiger partial charge on any atom is -0.462 e. The summed E-state index contributed by atoms with van der Waals surface area (Å²) in [6.45, 7) is 3.79. The third-order valence-electron chi connectivity index (χ3n) is 2.64. The molecule has 3 N–H and O–H groups in total. The summed E-state index contributed by atoms with van der Waals surface area (Å²) in [7, 11) is 1.67. The highest BCUT2D eigenvalue weighted by Gasteiger charge is 2.24. The fourth-order valence-corrected chi connectivity index (χ4v) is 1.95. The average molecular weight is 257 g/mol. The van der Waals surface area contributed by atoms with Crippen LogP contribution in [-0.2, 0) is 9.53 Å². The molecule has 0 saturated carbocycles. The molecule has 0 atom stereocenters. The zero-order valence-electron chi connectivity index (χ0n) is 10.3. The van der Waals surface area contributed by atoms with Gasteiger partial charge in [0.1, 0.15) is 16.4 Å². The Hall–Kier alpha value is -1.30. The highest BCUT2D eigenvalue weighted by Crippen LogP contribution is 2.15. The van der Waals surface area contributed by atoms with Gasteiger partial charge in [-0.3, -0.25) is 0 Å². The van der Waals surface area contributed by atoms with E-state index < -0.39 is 5.97 Å². The third-order valence-corrected chi connectivity index (χ3v) is 3.04. The molecular formula is C11H19N3O2S. The van der Waals surface area contributed by atoms with Crippen LogP contribution in [0.2, 0.25) is 0 Å². The normalized spacial score (nSPS) is 16.5. The quantitative estimate of drug-likeness (QED) is 0.431. The average Bonchev–Trinajstić information content (AvgIpc) is 2.82. The number of likely N-dealkylation sites (tertiary alicyclic amines) is 1. The van der Waals surface area contributed by atoms with E-state index in [0.29, 0.717) is 17.4 Å². The lowest BCUT2D eigenvalue weighted by molar-refractivity contribution is -0.138. The predicted molar refractivity (Wildman–Crippen MR) is 70.3 cm³/mol. The molecule has 0 radical (unpaired) electrons. The van der Waals surface area contributed by atoms with E-state index in [0.717, 1.165) is 25.9 Å². The molecule has 0 unspecified atom stereocenters. The maximum Gasteiger partial charge on any atom is 0.344 e. The number of rotatable bonds is 4. The van der Waals surface area contributed by atoms with Crippen LogP contribution in [0.4, 0.5) is 0 Å². The lowest BCUT2D eigenvalue weighted by Crippen LogP contribution is -2.34. The highest BCUT2D eigenvalue weighted by molar-refractivity contribution is 7.80. The van der Waals surface area contributed by atoms with Crippen LogP contribution in [0.25, 0.3) is 0 Å². The zero-order valence-corrected chi connectivity index (χ0v) is 11.1. The standard InChI is InChI=1S/C11H19N3O2S/c1-3-16-11(15)8(10(17)13-2)9(12)14-6-4-5-7-14/h3-7,12H2,1-2H3,(H,13,17)/b9-8+. The van der Waals surface area contributed by atoms with Gasteiger partial charge in [0.2, 0.25) is 0 Å². The number of thiocarbonyl (C=S) groups is 1. The van der Waals surface area contributed by atoms with E-state index in [2.05, 4.69) is 5.32 Å². The maximum atomic E-state index is 11.8. The summed E-state index contributed by atoms with van der Waals surface area (Å²) in [6, 6.07) is 0. The van der Waals surface area contributed by atoms with Crippen LogP contribution in [0.15, 0.2) is 11.4 Å². The Balaban J connectivity index is 2.97. The van der Waals surface area contributed by atoms with E-state index >= 15 is 0 Å². The van der Waals surface area contributed by atoms with Crippen molar-refractivity contribution in [1.29, 1.82) is 0 Å². The summed E-state index contributed by atoms with van der Waals surface area (Å²) in [5.41, 5.74) is 6.28. The van der Waals surface area contributed by atoms with Crippen LogP contribution < -0.4 is 11.1 Å². The van der Waals surface area contributed by atoms with Gasteiger partial charge < -0.3 is 20.7 Å². The van der Waals surface area contributed by atoms with Gasteiger partial charge in [-0.05, 0) is 19.8 Å². The number of likely N-dealkylation sites (N-methyl/N-ethyl adjacent to an activating group) is 1. The van der Waals surface area contributed by atoms with Crippen molar-refractivity contribution in [2.45, 2.75) is 19.8 Å². The molecule has 0 amide bonds. The Morgan fingerprint density at radius 3 is 2.53 bits per heavy atom. The van der Waals surface area contributed by atoms with Gasteiger partial charge in [-0.1, -0.05) is 12.2 Å². The van der Waals surface area contributed by atoms with Gasteiger partial charge in [0.15, 0.2) is 0 Å². The molecule has 0 bridgehead atoms. The highest BCUT2D eigenvalue weighted by atomic mass is 32.1. The smallest absolute Gasteiger partial charge is 0.344 e. The summed E-state index contributed by atoms with van der Waals surface area (Å²) in [4.78, 5) is 14.1. The molecule has 17 heavy (non-hydrogen) atoms. The molecule has 6 heteroatoms. The number of nitrogens with zero attached hydrogens (tertiary/aromatic N) is 1. The monoisotopic (exact) mass is 257 g/mol. The van der Waals surface area contributed by atoms with Crippen molar-refractivity contribution in [3.05, 3.63) is 11.4 Å². The first kappa shape index (κ1) is 13.8. The van der Waals surface area contributed by atoms with E-state index in [4.69, 9.17) is 22.7 Å². The van der Waals surface area contributed by atoms with Crippen LogP contribution in [0.5, 0.6) is 0 Å². The number of hydrogen-bond acceptors (Lipinski definition) is 5. The largest absolute Gasteiger partial charge is 0.462 e. The minimum absolute atomic E-state index is 0.270. The summed E-state index contributed by atoms with van der Waals surface area (Å²) in [5, 5.41) is 2.77. The molecule has 0 aromatic carbocycles. The zero-order chi connectivity index (χ0) is 12.8. The van der Waals surface area contributed by atoms with Gasteiger partial charge in [0, 0.05) is 20.1 Å². The van der Waals surface area contributed by atoms with Crippen LogP contribution in [0.1, 0.15) is 19.8 Å². The lowest BCUT2D eigenvalue weighted by atomic mass is 10.2. The molecule has 0 aromatic rings. The molecule has 1 rings (SSSR count). The maximum absolute atomic E-state index is 11.8. The van der Waals surface area contributed by atoms with Crippen molar-refractivity contribution in [1.82, 2.24) is 10.2 Å². The fraction of sp³-hybridized carbons (Fsp3) is 0.636. The first-order chi connectivity index (χ1) is 8.11. The Bertz CT molecular complexity index is 336. The van der Waals surface area contributed by atoms with E-state index in [-0.39, 0.29) is 5.57 Å². The molecule has 1 aliphatic heterocycles. The van der Waals surface area contributed by atoms with Crippen molar-refractivity contribution in [2.24, 2.45) is 5.73 Å². The van der Waals surface area contributed by atoms with E-state index in [1.54, 1.807) is 14.0 Å². The Labute approximate surface area is 107 Å². The molecule has 1 aliphatic rings. The van der Waals surface area contributed by atoms with Crippen molar-refractivity contribution in [2.75, 3.05) is 26.7 Å². The SMILES string of the molecule is CCOC(=O)/C(C(=S)NC)=C(\N)N1CCCC1. The third kappa shape index (κ3) is 3.33. The predicted octanol–water partition coefficient (Wildman–Crippen LogP) is 0.362. The van der Waals surface area contributed by atoms with E-state index in [1.165, 1.54) is 0 Å². The lowest BCUT2D eigenvalue weighted by Gasteiger charge is -2.21. The van der Waals surface area contributed by atoms with Gasteiger partial charge in [-0.25, -0.2) is 4.79 Å². The Morgan fingerprint density at radius 2 is 2.06 bits per heavy atom. The molecule has 1 heterocycles. The molecule has 5 nitrogen and oxygen atoms in total. The van der Waals surface area contributed by atoms with E-state index in [1.807, 2.05) is 4.90 Å². The molecule has 96 valence electrons. The van der Waals surface area contributed by atoms with Crippen LogP contribution >= 0.6 is 12.2 Å². The molecule has 1 fully saturated rings. The van der Waals surface area contributed by atoms with Gasteiger partial charge >= 0.3 is 5.97 Å². The van der Waals surface area contributed by atoms with Crippen molar-refractivity contribution in [3.63, 3.8) is 0 Å². The van der Waals surface area contributed by atoms with Crippen molar-refractivity contribution < 1.29 is 9.53 Å². The van der Waals surface area contributed by atoms with E-state index in [9.17, 15) is 4.79 Å². The second kappa shape index (κ2) is 6.44. The molecule has 0 spiro atoms. The minimum atomic E-state index is -0.462. The van der Waals surface area contributed by atoms with Gasteiger partial charge in [-0.15, -0.1) is 0 Å². The Morgan fingerprint density at radius 1 is 1.47 bits per heavy atom. The van der Waals surface area contributed by atoms with Gasteiger partial charge in [0.05, 0.1) is 6.61 Å². The second-order valence-corrected chi connectivity index (χ2v) is 4.16. The molecule has 0 aliphatic carbocycles. The number of carbonyl (C=O) groups excluding carboxylic acids is 1.